The molecule has 1 aromatic carbocycles. The number of halogens is 1. The van der Waals surface area contributed by atoms with Crippen molar-refractivity contribution in [3.8, 4) is 5.75 Å². The van der Waals surface area contributed by atoms with Gasteiger partial charge in [0.25, 0.3) is 0 Å². The van der Waals surface area contributed by atoms with Gasteiger partial charge in [0.15, 0.2) is 5.82 Å². The van der Waals surface area contributed by atoms with Crippen LogP contribution in [0.4, 0.5) is 11.6 Å². The number of anilines is 2. The Hall–Kier alpha value is -2.34. The van der Waals surface area contributed by atoms with E-state index in [9.17, 15) is 4.79 Å². The van der Waals surface area contributed by atoms with Gasteiger partial charge in [-0.15, -0.1) is 0 Å². The van der Waals surface area contributed by atoms with Crippen LogP contribution in [0.15, 0.2) is 30.6 Å². The number of rotatable bonds is 9. The molecule has 2 heterocycles. The number of nitrogens with one attached hydrogen (secondary N) is 1. The van der Waals surface area contributed by atoms with Crippen molar-refractivity contribution in [1.29, 1.82) is 0 Å². The van der Waals surface area contributed by atoms with Crippen LogP contribution in [0.2, 0.25) is 5.02 Å². The van der Waals surface area contributed by atoms with Crippen molar-refractivity contribution in [1.82, 2.24) is 9.97 Å². The zero-order chi connectivity index (χ0) is 20.8. The first-order chi connectivity index (χ1) is 14.0. The van der Waals surface area contributed by atoms with Crippen molar-refractivity contribution < 1.29 is 9.53 Å². The monoisotopic (exact) mass is 416 g/mol. The minimum absolute atomic E-state index is 0.0774. The van der Waals surface area contributed by atoms with Crippen LogP contribution in [0.1, 0.15) is 51.5 Å². The zero-order valence-corrected chi connectivity index (χ0v) is 18.1. The summed E-state index contributed by atoms with van der Waals surface area (Å²) in [5.41, 5.74) is 1.15. The van der Waals surface area contributed by atoms with Gasteiger partial charge in [-0.25, -0.2) is 9.97 Å². The minimum Gasteiger partial charge on any atom is -0.489 e. The average Bonchev–Trinajstić information content (AvgIpc) is 3.15. The maximum Gasteiger partial charge on any atom is 0.153 e. The van der Waals surface area contributed by atoms with Crippen LogP contribution < -0.4 is 15.0 Å². The van der Waals surface area contributed by atoms with Gasteiger partial charge < -0.3 is 19.7 Å². The molecule has 0 amide bonds. The molecule has 156 valence electrons. The molecule has 0 unspecified atom stereocenters. The number of aromatic nitrogens is 2. The molecule has 0 spiro atoms. The Bertz CT molecular complexity index is 828. The van der Waals surface area contributed by atoms with Crippen LogP contribution in [-0.2, 0) is 4.79 Å². The first-order valence-electron chi connectivity index (χ1n) is 10.2. The van der Waals surface area contributed by atoms with Gasteiger partial charge in [-0.1, -0.05) is 37.6 Å². The molecule has 1 fully saturated rings. The molecule has 2 atom stereocenters. The van der Waals surface area contributed by atoms with E-state index in [2.05, 4.69) is 34.0 Å². The van der Waals surface area contributed by atoms with Gasteiger partial charge in [-0.05, 0) is 37.0 Å². The summed E-state index contributed by atoms with van der Waals surface area (Å²) in [5, 5.41) is 3.80. The third-order valence-corrected chi connectivity index (χ3v) is 5.45. The molecule has 1 N–H and O–H groups in total. The molecule has 2 aromatic rings. The predicted molar refractivity (Wildman–Crippen MR) is 117 cm³/mol. The van der Waals surface area contributed by atoms with Gasteiger partial charge >= 0.3 is 0 Å². The lowest BCUT2D eigenvalue weighted by Crippen LogP contribution is -2.25. The molecule has 0 radical (unpaired) electrons. The normalized spacial score (nSPS) is 17.2. The quantitative estimate of drug-likeness (QED) is 0.639. The maximum atomic E-state index is 11.3. The Kier molecular flexibility index (Phi) is 7.31. The Labute approximate surface area is 177 Å². The molecule has 1 aliphatic heterocycles. The minimum atomic E-state index is 0.0774. The lowest BCUT2D eigenvalue weighted by atomic mass is 9.96. The summed E-state index contributed by atoms with van der Waals surface area (Å²) < 4.78 is 6.17. The molecule has 6 nitrogen and oxygen atoms in total. The van der Waals surface area contributed by atoms with Crippen molar-refractivity contribution in [2.75, 3.05) is 29.9 Å². The number of carbonyl (C=O) groups is 1. The molecule has 1 aliphatic rings. The van der Waals surface area contributed by atoms with Crippen LogP contribution in [0.5, 0.6) is 5.75 Å². The number of benzene rings is 1. The highest BCUT2D eigenvalue weighted by atomic mass is 35.5. The first-order valence-corrected chi connectivity index (χ1v) is 10.6. The molecule has 0 bridgehead atoms. The molecular weight excluding hydrogens is 388 g/mol. The van der Waals surface area contributed by atoms with Crippen LogP contribution in [-0.4, -0.2) is 41.5 Å². The van der Waals surface area contributed by atoms with E-state index in [1.807, 2.05) is 24.3 Å². The number of nitrogens with zero attached hydrogens (tertiary/aromatic N) is 3. The highest BCUT2D eigenvalue weighted by Crippen LogP contribution is 2.32. The van der Waals surface area contributed by atoms with Crippen LogP contribution in [0.25, 0.3) is 0 Å². The topological polar surface area (TPSA) is 67.3 Å². The summed E-state index contributed by atoms with van der Waals surface area (Å²) in [7, 11) is 0. The number of ether oxygens (including phenoxy) is 1. The predicted octanol–water partition coefficient (Wildman–Crippen LogP) is 4.69. The van der Waals surface area contributed by atoms with E-state index < -0.39 is 0 Å². The van der Waals surface area contributed by atoms with Gasteiger partial charge in [-0.2, -0.15) is 0 Å². The third kappa shape index (κ3) is 5.60. The van der Waals surface area contributed by atoms with Gasteiger partial charge in [-0.3, -0.25) is 0 Å². The Morgan fingerprint density at radius 3 is 2.79 bits per heavy atom. The highest BCUT2D eigenvalue weighted by molar-refractivity contribution is 6.35. The van der Waals surface area contributed by atoms with Gasteiger partial charge in [0, 0.05) is 25.9 Å². The number of hydrogen-bond acceptors (Lipinski definition) is 6. The summed E-state index contributed by atoms with van der Waals surface area (Å²) in [5.74, 6) is 2.70. The SMILES string of the molecule is CCCNc1ncnc(N2CC[C@@H](Oc3ccc([C@H](C)CC(C)=O)cc3)C2)c1Cl. The van der Waals surface area contributed by atoms with Gasteiger partial charge in [0.2, 0.25) is 0 Å². The molecule has 1 aromatic heterocycles. The molecular formula is C22H29ClN4O2. The summed E-state index contributed by atoms with van der Waals surface area (Å²) in [6.45, 7) is 8.19. The van der Waals surface area contributed by atoms with Crippen molar-refractivity contribution in [3.63, 3.8) is 0 Å². The summed E-state index contributed by atoms with van der Waals surface area (Å²) in [4.78, 5) is 22.1. The number of ketones is 1. The molecule has 0 aliphatic carbocycles. The van der Waals surface area contributed by atoms with Gasteiger partial charge in [0.1, 0.15) is 34.8 Å². The molecule has 0 saturated carbocycles. The molecule has 29 heavy (non-hydrogen) atoms. The second-order valence-electron chi connectivity index (χ2n) is 7.64. The lowest BCUT2D eigenvalue weighted by molar-refractivity contribution is -0.117. The van der Waals surface area contributed by atoms with Crippen LogP contribution >= 0.6 is 11.6 Å². The lowest BCUT2D eigenvalue weighted by Gasteiger charge is -2.20. The fourth-order valence-electron chi connectivity index (χ4n) is 3.58. The van der Waals surface area contributed by atoms with E-state index in [0.717, 1.165) is 49.6 Å². The second kappa shape index (κ2) is 9.92. The number of carbonyl (C=O) groups excluding carboxylic acids is 1. The standard InChI is InChI=1S/C22H29ClN4O2/c1-4-10-24-21-20(23)22(26-14-25-21)27-11-9-19(13-27)29-18-7-5-17(6-8-18)15(2)12-16(3)28/h5-8,14-15,19H,4,9-13H2,1-3H3,(H,24,25,26)/t15-,19-/m1/s1. The zero-order valence-electron chi connectivity index (χ0n) is 17.3. The van der Waals surface area contributed by atoms with Gasteiger partial charge in [0.05, 0.1) is 6.54 Å². The first kappa shape index (κ1) is 21.4. The third-order valence-electron chi connectivity index (χ3n) is 5.10. The average molecular weight is 417 g/mol. The highest BCUT2D eigenvalue weighted by Gasteiger charge is 2.27. The second-order valence-corrected chi connectivity index (χ2v) is 8.02. The van der Waals surface area contributed by atoms with Crippen molar-refractivity contribution in [3.05, 3.63) is 41.2 Å². The summed E-state index contributed by atoms with van der Waals surface area (Å²) in [6.07, 6.45) is 4.09. The number of Topliss-reactive ketones (excluding diaryl/α,β-unsaturated/α-hetero) is 1. The number of hydrogen-bond donors (Lipinski definition) is 1. The largest absolute Gasteiger partial charge is 0.489 e. The van der Waals surface area contributed by atoms with E-state index in [1.54, 1.807) is 13.3 Å². The Balaban J connectivity index is 1.60. The molecule has 7 heteroatoms. The van der Waals surface area contributed by atoms with Crippen molar-refractivity contribution in [2.45, 2.75) is 52.1 Å². The summed E-state index contributed by atoms with van der Waals surface area (Å²) >= 11 is 6.52. The van der Waals surface area contributed by atoms with E-state index in [-0.39, 0.29) is 17.8 Å². The van der Waals surface area contributed by atoms with E-state index in [1.165, 1.54) is 0 Å². The van der Waals surface area contributed by atoms with Crippen molar-refractivity contribution >= 4 is 29.0 Å². The Morgan fingerprint density at radius 2 is 2.10 bits per heavy atom. The molecule has 1 saturated heterocycles. The van der Waals surface area contributed by atoms with Crippen LogP contribution in [0.3, 0.4) is 0 Å². The maximum absolute atomic E-state index is 11.3. The fraction of sp³-hybridized carbons (Fsp3) is 0.500. The summed E-state index contributed by atoms with van der Waals surface area (Å²) in [6, 6.07) is 8.06. The van der Waals surface area contributed by atoms with E-state index >= 15 is 0 Å². The van der Waals surface area contributed by atoms with E-state index in [4.69, 9.17) is 16.3 Å². The fourth-order valence-corrected chi connectivity index (χ4v) is 3.86. The van der Waals surface area contributed by atoms with Crippen LogP contribution in [0, 0.1) is 0 Å². The Morgan fingerprint density at radius 1 is 1.34 bits per heavy atom. The smallest absolute Gasteiger partial charge is 0.153 e. The molecule has 3 rings (SSSR count). The van der Waals surface area contributed by atoms with E-state index in [0.29, 0.717) is 17.3 Å². The van der Waals surface area contributed by atoms with Crippen molar-refractivity contribution in [2.24, 2.45) is 0 Å².